The van der Waals surface area contributed by atoms with Crippen molar-refractivity contribution in [3.63, 3.8) is 0 Å². The van der Waals surface area contributed by atoms with Gasteiger partial charge in [-0.15, -0.1) is 22.7 Å². The number of hydrogen-bond donors (Lipinski definition) is 0. The smallest absolute Gasteiger partial charge is 0.264 e. The van der Waals surface area contributed by atoms with Gasteiger partial charge in [0.1, 0.15) is 17.4 Å². The Morgan fingerprint density at radius 1 is 1.19 bits per heavy atom. The number of carbonyl (C=O) groups excluding carboxylic acids is 1. The van der Waals surface area contributed by atoms with Crippen LogP contribution < -0.4 is 4.74 Å². The van der Waals surface area contributed by atoms with Crippen molar-refractivity contribution < 1.29 is 14.3 Å². The molecule has 1 amide bonds. The number of thiophene rings is 1. The number of hydrogen-bond acceptors (Lipinski definition) is 7. The van der Waals surface area contributed by atoms with E-state index in [9.17, 15) is 4.79 Å². The van der Waals surface area contributed by atoms with Gasteiger partial charge in [-0.2, -0.15) is 0 Å². The highest BCUT2D eigenvalue weighted by Gasteiger charge is 2.20. The number of aryl methyl sites for hydroxylation is 1. The van der Waals surface area contributed by atoms with Crippen LogP contribution in [0, 0.1) is 13.8 Å². The number of rotatable bonds is 9. The number of nitrogens with zero attached hydrogens (tertiary/aromatic N) is 3. The molecule has 0 bridgehead atoms. The Bertz CT molecular complexity index is 1010. The van der Waals surface area contributed by atoms with Crippen LogP contribution in [0.25, 0.3) is 0 Å². The number of amides is 1. The molecular weight excluding hydrogens is 442 g/mol. The van der Waals surface area contributed by atoms with E-state index in [-0.39, 0.29) is 5.91 Å². The Kier molecular flexibility index (Phi) is 7.91. The van der Waals surface area contributed by atoms with Crippen molar-refractivity contribution in [1.82, 2.24) is 14.8 Å². The highest BCUT2D eigenvalue weighted by atomic mass is 32.1. The predicted octanol–water partition coefficient (Wildman–Crippen LogP) is 4.38. The normalized spacial score (nSPS) is 14.4. The van der Waals surface area contributed by atoms with Gasteiger partial charge in [0.2, 0.25) is 0 Å². The minimum Gasteiger partial charge on any atom is -0.486 e. The van der Waals surface area contributed by atoms with Crippen LogP contribution in [-0.4, -0.2) is 60.1 Å². The summed E-state index contributed by atoms with van der Waals surface area (Å²) in [4.78, 5) is 22.9. The molecule has 6 nitrogen and oxygen atoms in total. The van der Waals surface area contributed by atoms with Crippen LogP contribution >= 0.6 is 22.7 Å². The maximum Gasteiger partial charge on any atom is 0.264 e. The summed E-state index contributed by atoms with van der Waals surface area (Å²) < 4.78 is 11.4. The van der Waals surface area contributed by atoms with Crippen LogP contribution in [0.5, 0.6) is 5.75 Å². The van der Waals surface area contributed by atoms with Gasteiger partial charge in [0.25, 0.3) is 5.91 Å². The number of carbonyl (C=O) groups is 1. The molecule has 0 aliphatic carbocycles. The second-order valence-corrected chi connectivity index (χ2v) is 9.77. The van der Waals surface area contributed by atoms with Gasteiger partial charge in [-0.05, 0) is 42.5 Å². The van der Waals surface area contributed by atoms with E-state index in [2.05, 4.69) is 24.8 Å². The van der Waals surface area contributed by atoms with Crippen molar-refractivity contribution in [1.29, 1.82) is 0 Å². The van der Waals surface area contributed by atoms with Gasteiger partial charge in [-0.25, -0.2) is 4.98 Å². The molecule has 8 heteroatoms. The fraction of sp³-hybridized carbons (Fsp3) is 0.417. The van der Waals surface area contributed by atoms with E-state index in [0.717, 1.165) is 59.7 Å². The fourth-order valence-corrected chi connectivity index (χ4v) is 4.99. The highest BCUT2D eigenvalue weighted by Crippen LogP contribution is 2.23. The molecule has 32 heavy (non-hydrogen) atoms. The molecule has 0 radical (unpaired) electrons. The fourth-order valence-electron chi connectivity index (χ4n) is 3.60. The maximum atomic E-state index is 13.1. The van der Waals surface area contributed by atoms with Crippen LogP contribution in [0.1, 0.15) is 31.5 Å². The van der Waals surface area contributed by atoms with Gasteiger partial charge < -0.3 is 14.4 Å². The minimum absolute atomic E-state index is 0.0643. The molecule has 1 aliphatic rings. The van der Waals surface area contributed by atoms with Crippen LogP contribution in [-0.2, 0) is 17.9 Å². The molecule has 170 valence electrons. The molecule has 0 atom stereocenters. The predicted molar refractivity (Wildman–Crippen MR) is 129 cm³/mol. The van der Waals surface area contributed by atoms with Gasteiger partial charge in [-0.3, -0.25) is 9.69 Å². The first-order valence-electron chi connectivity index (χ1n) is 10.9. The van der Waals surface area contributed by atoms with Gasteiger partial charge in [0.15, 0.2) is 0 Å². The standard InChI is InChI=1S/C24H29N3O3S2/c1-18-5-3-6-21(19(18)2)30-16-23-25-20(17-32-23)15-27(24(28)22-7-4-14-31-22)9-8-26-10-12-29-13-11-26/h3-7,14,17H,8-13,15-16H2,1-2H3. The maximum absolute atomic E-state index is 13.1. The van der Waals surface area contributed by atoms with Crippen LogP contribution in [0.3, 0.4) is 0 Å². The summed E-state index contributed by atoms with van der Waals surface area (Å²) in [5.74, 6) is 0.955. The average molecular weight is 472 g/mol. The summed E-state index contributed by atoms with van der Waals surface area (Å²) in [6.07, 6.45) is 0. The number of benzene rings is 1. The van der Waals surface area contributed by atoms with Crippen molar-refractivity contribution in [2.45, 2.75) is 27.0 Å². The lowest BCUT2D eigenvalue weighted by Crippen LogP contribution is -2.42. The number of thiazole rings is 1. The minimum atomic E-state index is 0.0643. The zero-order valence-electron chi connectivity index (χ0n) is 18.6. The quantitative estimate of drug-likeness (QED) is 0.464. The Morgan fingerprint density at radius 2 is 2.03 bits per heavy atom. The van der Waals surface area contributed by atoms with E-state index in [0.29, 0.717) is 19.7 Å². The second kappa shape index (κ2) is 11.0. The van der Waals surface area contributed by atoms with E-state index in [1.807, 2.05) is 39.9 Å². The van der Waals surface area contributed by atoms with E-state index < -0.39 is 0 Å². The third-order valence-corrected chi connectivity index (χ3v) is 7.40. The molecule has 0 saturated carbocycles. The summed E-state index contributed by atoms with van der Waals surface area (Å²) in [5.41, 5.74) is 3.27. The van der Waals surface area contributed by atoms with Gasteiger partial charge >= 0.3 is 0 Å². The van der Waals surface area contributed by atoms with E-state index in [4.69, 9.17) is 14.5 Å². The van der Waals surface area contributed by atoms with Crippen molar-refractivity contribution >= 4 is 28.6 Å². The topological polar surface area (TPSA) is 54.9 Å². The zero-order chi connectivity index (χ0) is 22.3. The van der Waals surface area contributed by atoms with Crippen LogP contribution in [0.15, 0.2) is 41.1 Å². The van der Waals surface area contributed by atoms with E-state index in [1.54, 1.807) is 11.3 Å². The zero-order valence-corrected chi connectivity index (χ0v) is 20.2. The molecule has 1 aliphatic heterocycles. The van der Waals surface area contributed by atoms with Gasteiger partial charge in [0, 0.05) is 31.6 Å². The average Bonchev–Trinajstić information content (AvgIpc) is 3.50. The number of ether oxygens (including phenoxy) is 2. The summed E-state index contributed by atoms with van der Waals surface area (Å²) in [6.45, 7) is 9.94. The first-order valence-corrected chi connectivity index (χ1v) is 12.6. The lowest BCUT2D eigenvalue weighted by atomic mass is 10.1. The van der Waals surface area contributed by atoms with Crippen molar-refractivity contribution in [2.75, 3.05) is 39.4 Å². The Morgan fingerprint density at radius 3 is 2.81 bits per heavy atom. The summed E-state index contributed by atoms with van der Waals surface area (Å²) >= 11 is 3.06. The third-order valence-electron chi connectivity index (χ3n) is 5.67. The first-order chi connectivity index (χ1) is 15.6. The summed E-state index contributed by atoms with van der Waals surface area (Å²) in [7, 11) is 0. The molecule has 1 saturated heterocycles. The summed E-state index contributed by atoms with van der Waals surface area (Å²) in [5, 5.41) is 4.89. The molecule has 0 spiro atoms. The Hall–Kier alpha value is -2.26. The van der Waals surface area contributed by atoms with Crippen LogP contribution in [0.4, 0.5) is 0 Å². The molecule has 1 fully saturated rings. The van der Waals surface area contributed by atoms with Gasteiger partial charge in [0.05, 0.1) is 30.3 Å². The molecule has 0 unspecified atom stereocenters. The largest absolute Gasteiger partial charge is 0.486 e. The molecule has 1 aromatic carbocycles. The van der Waals surface area contributed by atoms with E-state index >= 15 is 0 Å². The second-order valence-electron chi connectivity index (χ2n) is 7.88. The third kappa shape index (κ3) is 5.95. The lowest BCUT2D eigenvalue weighted by Gasteiger charge is -2.29. The SMILES string of the molecule is Cc1cccc(OCc2nc(CN(CCN3CCOCC3)C(=O)c3cccs3)cs2)c1C. The van der Waals surface area contributed by atoms with Crippen molar-refractivity contribution in [2.24, 2.45) is 0 Å². The molecule has 0 N–H and O–H groups in total. The Labute approximate surface area is 197 Å². The van der Waals surface area contributed by atoms with E-state index in [1.165, 1.54) is 16.9 Å². The highest BCUT2D eigenvalue weighted by molar-refractivity contribution is 7.12. The molecule has 3 aromatic rings. The van der Waals surface area contributed by atoms with Crippen molar-refractivity contribution in [3.05, 3.63) is 67.8 Å². The van der Waals surface area contributed by atoms with Crippen molar-refractivity contribution in [3.8, 4) is 5.75 Å². The number of aromatic nitrogens is 1. The molecular formula is C24H29N3O3S2. The Balaban J connectivity index is 1.39. The summed E-state index contributed by atoms with van der Waals surface area (Å²) in [6, 6.07) is 9.89. The lowest BCUT2D eigenvalue weighted by molar-refractivity contribution is 0.0320. The molecule has 4 rings (SSSR count). The monoisotopic (exact) mass is 471 g/mol. The van der Waals surface area contributed by atoms with Gasteiger partial charge in [-0.1, -0.05) is 18.2 Å². The molecule has 2 aromatic heterocycles. The number of morpholine rings is 1. The van der Waals surface area contributed by atoms with Crippen LogP contribution in [0.2, 0.25) is 0 Å². The molecule has 3 heterocycles. The first kappa shape index (κ1) is 22.9.